The molecule has 0 fully saturated rings. The van der Waals surface area contributed by atoms with Gasteiger partial charge in [0, 0.05) is 35.8 Å². The van der Waals surface area contributed by atoms with E-state index in [0.29, 0.717) is 29.3 Å². The monoisotopic (exact) mass is 491 g/mol. The van der Waals surface area contributed by atoms with Crippen molar-refractivity contribution in [2.75, 3.05) is 32.4 Å². The molecule has 10 heteroatoms. The molecule has 0 radical (unpaired) electrons. The second-order valence-electron chi connectivity index (χ2n) is 6.93. The third kappa shape index (κ3) is 9.29. The minimum absolute atomic E-state index is 0.0183. The summed E-state index contributed by atoms with van der Waals surface area (Å²) in [7, 11) is 3.26. The molecule has 1 aromatic heterocycles. The Morgan fingerprint density at radius 3 is 2.79 bits per heavy atom. The van der Waals surface area contributed by atoms with Crippen LogP contribution in [0.15, 0.2) is 70.9 Å². The molecular weight excluding hydrogens is 461 g/mol. The van der Waals surface area contributed by atoms with Gasteiger partial charge in [0.25, 0.3) is 5.91 Å². The number of hydrogen-bond donors (Lipinski definition) is 1. The summed E-state index contributed by atoms with van der Waals surface area (Å²) in [5.41, 5.74) is 2.01. The Morgan fingerprint density at radius 2 is 2.21 bits per heavy atom. The second-order valence-corrected chi connectivity index (χ2v) is 7.36. The van der Waals surface area contributed by atoms with Gasteiger partial charge in [-0.2, -0.15) is 5.10 Å². The van der Waals surface area contributed by atoms with Crippen molar-refractivity contribution < 1.29 is 18.7 Å². The Morgan fingerprint density at radius 1 is 1.47 bits per heavy atom. The van der Waals surface area contributed by atoms with E-state index in [1.165, 1.54) is 24.2 Å². The van der Waals surface area contributed by atoms with Crippen LogP contribution in [0, 0.1) is 0 Å². The molecule has 2 heterocycles. The zero-order valence-corrected chi connectivity index (χ0v) is 20.7. The molecule has 34 heavy (non-hydrogen) atoms. The molecule has 1 amide bonds. The lowest BCUT2D eigenvalue weighted by atomic mass is 10.1. The number of rotatable bonds is 10. The van der Waals surface area contributed by atoms with E-state index in [1.54, 1.807) is 43.4 Å². The van der Waals surface area contributed by atoms with Crippen molar-refractivity contribution >= 4 is 35.2 Å². The van der Waals surface area contributed by atoms with Crippen LogP contribution in [0.5, 0.6) is 5.88 Å². The molecule has 0 aromatic carbocycles. The van der Waals surface area contributed by atoms with Gasteiger partial charge >= 0.3 is 0 Å². The number of hydrazone groups is 1. The third-order valence-corrected chi connectivity index (χ3v) is 4.73. The number of nitrogens with one attached hydrogen (secondary N) is 1. The third-order valence-electron chi connectivity index (χ3n) is 4.41. The SMILES string of the molecule is C=CC/C(F)=C\C(Cl)=C/C.CNCN(CC=O)C(=O)C1=NN(c2ccnc(OC)c2)C(C)=CC1. The van der Waals surface area contributed by atoms with Crippen LogP contribution in [-0.4, -0.2) is 55.2 Å². The number of halogens is 2. The number of ether oxygens (including phenoxy) is 1. The summed E-state index contributed by atoms with van der Waals surface area (Å²) in [6.07, 6.45) is 9.30. The highest BCUT2D eigenvalue weighted by Gasteiger charge is 2.23. The Hall–Kier alpha value is -3.30. The van der Waals surface area contributed by atoms with Gasteiger partial charge in [-0.3, -0.25) is 4.79 Å². The van der Waals surface area contributed by atoms with Gasteiger partial charge in [0.2, 0.25) is 5.88 Å². The standard InChI is InChI=1S/C16H21N5O3.C8H10ClF/c1-12-4-5-14(16(23)20(8-9-22)11-17-2)19-21(12)13-6-7-18-15(10-13)24-3;1-3-5-8(10)6-7(9)4-2/h4,6-7,9-10,17H,5,8,11H2,1-3H3;3-4,6H,1,5H2,2H3/b;7-4+,8-6+. The predicted molar refractivity (Wildman–Crippen MR) is 134 cm³/mol. The second kappa shape index (κ2) is 15.5. The number of amides is 1. The minimum Gasteiger partial charge on any atom is -0.481 e. The summed E-state index contributed by atoms with van der Waals surface area (Å²) < 4.78 is 17.6. The first-order valence-electron chi connectivity index (χ1n) is 10.5. The predicted octanol–water partition coefficient (Wildman–Crippen LogP) is 4.32. The number of pyridine rings is 1. The fourth-order valence-corrected chi connectivity index (χ4v) is 2.84. The molecule has 184 valence electrons. The van der Waals surface area contributed by atoms with Gasteiger partial charge in [0.05, 0.1) is 26.0 Å². The summed E-state index contributed by atoms with van der Waals surface area (Å²) in [6, 6.07) is 3.53. The van der Waals surface area contributed by atoms with E-state index in [1.807, 2.05) is 13.0 Å². The fourth-order valence-electron chi connectivity index (χ4n) is 2.72. The van der Waals surface area contributed by atoms with Gasteiger partial charge in [-0.1, -0.05) is 29.8 Å². The van der Waals surface area contributed by atoms with E-state index in [9.17, 15) is 14.0 Å². The Balaban J connectivity index is 0.000000489. The van der Waals surface area contributed by atoms with Gasteiger partial charge in [0.1, 0.15) is 17.8 Å². The number of hydrogen-bond acceptors (Lipinski definition) is 7. The molecule has 0 saturated heterocycles. The van der Waals surface area contributed by atoms with E-state index >= 15 is 0 Å². The molecule has 2 rings (SSSR count). The van der Waals surface area contributed by atoms with Gasteiger partial charge in [-0.25, -0.2) is 14.4 Å². The van der Waals surface area contributed by atoms with Gasteiger partial charge in [0.15, 0.2) is 0 Å². The topological polar surface area (TPSA) is 87.1 Å². The Labute approximate surface area is 205 Å². The molecule has 0 bridgehead atoms. The fraction of sp³-hybridized carbons (Fsp3) is 0.333. The van der Waals surface area contributed by atoms with Crippen LogP contribution in [0.25, 0.3) is 0 Å². The summed E-state index contributed by atoms with van der Waals surface area (Å²) in [5.74, 6) is -0.0731. The summed E-state index contributed by atoms with van der Waals surface area (Å²) in [6.45, 7) is 7.35. The average Bonchev–Trinajstić information content (AvgIpc) is 2.84. The number of aromatic nitrogens is 1. The summed E-state index contributed by atoms with van der Waals surface area (Å²) >= 11 is 5.51. The maximum absolute atomic E-state index is 12.6. The molecule has 0 aliphatic carbocycles. The number of carbonyl (C=O) groups excluding carboxylic acids is 2. The van der Waals surface area contributed by atoms with Gasteiger partial charge in [-0.05, 0) is 33.0 Å². The smallest absolute Gasteiger partial charge is 0.271 e. The molecule has 1 aromatic rings. The summed E-state index contributed by atoms with van der Waals surface area (Å²) in [5, 5.41) is 9.42. The highest BCUT2D eigenvalue weighted by Crippen LogP contribution is 2.25. The van der Waals surface area contributed by atoms with E-state index in [4.69, 9.17) is 16.3 Å². The molecule has 0 unspecified atom stereocenters. The van der Waals surface area contributed by atoms with Crippen molar-refractivity contribution in [3.63, 3.8) is 0 Å². The average molecular weight is 492 g/mol. The van der Waals surface area contributed by atoms with Crippen molar-refractivity contribution in [3.05, 3.63) is 65.8 Å². The molecule has 8 nitrogen and oxygen atoms in total. The van der Waals surface area contributed by atoms with Crippen LogP contribution in [-0.2, 0) is 9.59 Å². The zero-order chi connectivity index (χ0) is 25.5. The van der Waals surface area contributed by atoms with Crippen LogP contribution < -0.4 is 15.1 Å². The summed E-state index contributed by atoms with van der Waals surface area (Å²) in [4.78, 5) is 28.8. The maximum Gasteiger partial charge on any atom is 0.271 e. The van der Waals surface area contributed by atoms with Crippen molar-refractivity contribution in [1.29, 1.82) is 0 Å². The van der Waals surface area contributed by atoms with Crippen molar-refractivity contribution in [1.82, 2.24) is 15.2 Å². The van der Waals surface area contributed by atoms with Gasteiger partial charge < -0.3 is 19.7 Å². The van der Waals surface area contributed by atoms with Crippen molar-refractivity contribution in [2.45, 2.75) is 26.7 Å². The number of carbonyl (C=O) groups is 2. The molecule has 0 spiro atoms. The normalized spacial score (nSPS) is 13.8. The number of allylic oxidation sites excluding steroid dienone is 7. The quantitative estimate of drug-likeness (QED) is 0.227. The van der Waals surface area contributed by atoms with E-state index in [2.05, 4.69) is 22.0 Å². The number of nitrogens with zero attached hydrogens (tertiary/aromatic N) is 4. The Kier molecular flexibility index (Phi) is 13.1. The highest BCUT2D eigenvalue weighted by atomic mass is 35.5. The van der Waals surface area contributed by atoms with Crippen molar-refractivity contribution in [3.8, 4) is 5.88 Å². The van der Waals surface area contributed by atoms with Crippen molar-refractivity contribution in [2.24, 2.45) is 5.10 Å². The molecule has 1 aliphatic rings. The highest BCUT2D eigenvalue weighted by molar-refractivity contribution is 6.39. The van der Waals surface area contributed by atoms with Crippen LogP contribution in [0.2, 0.25) is 0 Å². The first-order valence-corrected chi connectivity index (χ1v) is 10.9. The molecular formula is C24H31ClFN5O3. The number of anilines is 1. The van der Waals surface area contributed by atoms with E-state index < -0.39 is 0 Å². The zero-order valence-electron chi connectivity index (χ0n) is 19.9. The van der Waals surface area contributed by atoms with Crippen LogP contribution >= 0.6 is 11.6 Å². The lowest BCUT2D eigenvalue weighted by Crippen LogP contribution is -2.43. The van der Waals surface area contributed by atoms with Gasteiger partial charge in [-0.15, -0.1) is 6.58 Å². The lowest BCUT2D eigenvalue weighted by molar-refractivity contribution is -0.127. The van der Waals surface area contributed by atoms with Crippen LogP contribution in [0.3, 0.4) is 0 Å². The number of aldehydes is 1. The molecule has 1 N–H and O–H groups in total. The molecule has 0 atom stereocenters. The maximum atomic E-state index is 12.6. The first-order chi connectivity index (χ1) is 16.3. The van der Waals surface area contributed by atoms with Crippen LogP contribution in [0.4, 0.5) is 10.1 Å². The molecule has 1 aliphatic heterocycles. The Bertz CT molecular complexity index is 975. The largest absolute Gasteiger partial charge is 0.481 e. The van der Waals surface area contributed by atoms with E-state index in [0.717, 1.165) is 11.4 Å². The van der Waals surface area contributed by atoms with E-state index in [-0.39, 0.29) is 31.4 Å². The lowest BCUT2D eigenvalue weighted by Gasteiger charge is -2.27. The molecule has 0 saturated carbocycles. The minimum atomic E-state index is -0.272. The number of methoxy groups -OCH3 is 1. The van der Waals surface area contributed by atoms with Crippen LogP contribution in [0.1, 0.15) is 26.7 Å². The first kappa shape index (κ1) is 28.7.